The minimum Gasteiger partial charge on any atom is -0.374 e. The molecule has 8 nitrogen and oxygen atoms in total. The normalized spacial score (nSPS) is 20.0. The monoisotopic (exact) mass is 443 g/mol. The molecule has 1 aliphatic heterocycles. The number of ketones is 2. The average Bonchev–Trinajstić information content (AvgIpc) is 3.05. The fraction of sp³-hybridized carbons (Fsp3) is 0.583. The predicted octanol–water partition coefficient (Wildman–Crippen LogP) is 2.83. The van der Waals surface area contributed by atoms with E-state index in [0.29, 0.717) is 25.7 Å². The maximum absolute atomic E-state index is 12.6. The van der Waals surface area contributed by atoms with Crippen LogP contribution in [0.4, 0.5) is 5.69 Å². The molecule has 32 heavy (non-hydrogen) atoms. The summed E-state index contributed by atoms with van der Waals surface area (Å²) in [5.74, 6) is -0.0253. The highest BCUT2D eigenvalue weighted by Gasteiger charge is 2.30. The number of hydrogen-bond donors (Lipinski definition) is 1. The molecular formula is C24H37N5O3. The minimum atomic E-state index is -0.345. The summed E-state index contributed by atoms with van der Waals surface area (Å²) in [6, 6.07) is 5.82. The Morgan fingerprint density at radius 1 is 1.09 bits per heavy atom. The highest BCUT2D eigenvalue weighted by molar-refractivity contribution is 5.99. The molecule has 1 aromatic heterocycles. The standard InChI is InChI=1S/C22H29N5O3.C2H6.H2/c1-25-10-12-27(13-11-25)20(30)14-23-18-5-3-4-17-21(24-26(2)22(17)18)16-8-6-15(28)7-9-19(16)29;1-2;/h3-5,16,23H,6-14H2,1-2H3;1-2H3;1H. The smallest absolute Gasteiger partial charge is 0.241 e. The summed E-state index contributed by atoms with van der Waals surface area (Å²) in [6.45, 7) is 7.51. The van der Waals surface area contributed by atoms with Crippen LogP contribution in [0.15, 0.2) is 18.2 Å². The average molecular weight is 444 g/mol. The molecule has 2 aromatic rings. The summed E-state index contributed by atoms with van der Waals surface area (Å²) in [5, 5.41) is 8.84. The minimum absolute atomic E-state index is 0. The number of hydrogen-bond acceptors (Lipinski definition) is 6. The fourth-order valence-corrected chi connectivity index (χ4v) is 4.42. The van der Waals surface area contributed by atoms with Crippen molar-refractivity contribution in [2.45, 2.75) is 45.4 Å². The molecule has 1 saturated carbocycles. The van der Waals surface area contributed by atoms with Crippen LogP contribution < -0.4 is 5.32 Å². The van der Waals surface area contributed by atoms with E-state index in [1.54, 1.807) is 4.68 Å². The van der Waals surface area contributed by atoms with E-state index < -0.39 is 0 Å². The van der Waals surface area contributed by atoms with Crippen molar-refractivity contribution in [3.8, 4) is 0 Å². The third-order valence-corrected chi connectivity index (χ3v) is 6.26. The van der Waals surface area contributed by atoms with Crippen molar-refractivity contribution >= 4 is 34.1 Å². The first-order valence-corrected chi connectivity index (χ1v) is 11.6. The molecule has 2 fully saturated rings. The third-order valence-electron chi connectivity index (χ3n) is 6.26. The molecule has 2 aliphatic rings. The molecule has 2 heterocycles. The molecule has 1 N–H and O–H groups in total. The molecule has 1 saturated heterocycles. The molecular weight excluding hydrogens is 406 g/mol. The number of aromatic nitrogens is 2. The van der Waals surface area contributed by atoms with Crippen LogP contribution in [0.25, 0.3) is 10.9 Å². The fourth-order valence-electron chi connectivity index (χ4n) is 4.42. The maximum atomic E-state index is 12.6. The quantitative estimate of drug-likeness (QED) is 0.731. The van der Waals surface area contributed by atoms with Crippen LogP contribution in [-0.2, 0) is 21.4 Å². The first-order valence-electron chi connectivity index (χ1n) is 11.6. The Labute approximate surface area is 191 Å². The summed E-state index contributed by atoms with van der Waals surface area (Å²) in [4.78, 5) is 41.2. The number of carbonyl (C=O) groups is 3. The number of nitrogens with one attached hydrogen (secondary N) is 1. The Morgan fingerprint density at radius 3 is 2.53 bits per heavy atom. The van der Waals surface area contributed by atoms with Gasteiger partial charge >= 0.3 is 0 Å². The van der Waals surface area contributed by atoms with Crippen LogP contribution in [-0.4, -0.2) is 76.8 Å². The number of anilines is 1. The lowest BCUT2D eigenvalue weighted by Crippen LogP contribution is -2.48. The van der Waals surface area contributed by atoms with Crippen molar-refractivity contribution in [3.05, 3.63) is 23.9 Å². The van der Waals surface area contributed by atoms with Crippen LogP contribution in [0.2, 0.25) is 0 Å². The number of benzene rings is 1. The second kappa shape index (κ2) is 10.7. The first-order chi connectivity index (χ1) is 15.4. The Morgan fingerprint density at radius 2 is 1.81 bits per heavy atom. The number of likely N-dealkylation sites (N-methyl/N-ethyl adjacent to an activating group) is 1. The SMILES string of the molecule is CC.CN1CCN(C(=O)CNc2cccc3c(C4CCC(=O)CCC4=O)nn(C)c23)CC1.[HH]. The van der Waals surface area contributed by atoms with Gasteiger partial charge in [0.05, 0.1) is 29.4 Å². The number of piperazine rings is 1. The summed E-state index contributed by atoms with van der Waals surface area (Å²) >= 11 is 0. The van der Waals surface area contributed by atoms with E-state index in [0.717, 1.165) is 48.5 Å². The van der Waals surface area contributed by atoms with E-state index in [2.05, 4.69) is 22.4 Å². The van der Waals surface area contributed by atoms with Gasteiger partial charge in [-0.05, 0) is 19.5 Å². The summed E-state index contributed by atoms with van der Waals surface area (Å²) in [6.07, 6.45) is 1.57. The van der Waals surface area contributed by atoms with Crippen LogP contribution >= 0.6 is 0 Å². The number of amides is 1. The van der Waals surface area contributed by atoms with Gasteiger partial charge in [-0.15, -0.1) is 0 Å². The first kappa shape index (κ1) is 23.9. The molecule has 176 valence electrons. The molecule has 0 bridgehead atoms. The van der Waals surface area contributed by atoms with Gasteiger partial charge in [0.1, 0.15) is 11.6 Å². The number of nitrogens with zero attached hydrogens (tertiary/aromatic N) is 4. The molecule has 1 aliphatic carbocycles. The second-order valence-corrected chi connectivity index (χ2v) is 8.34. The number of para-hydroxylation sites is 1. The largest absolute Gasteiger partial charge is 0.374 e. The van der Waals surface area contributed by atoms with Crippen molar-refractivity contribution in [1.29, 1.82) is 0 Å². The Hall–Kier alpha value is -2.74. The molecule has 1 amide bonds. The lowest BCUT2D eigenvalue weighted by atomic mass is 9.93. The van der Waals surface area contributed by atoms with Crippen LogP contribution in [0.3, 0.4) is 0 Å². The molecule has 1 aromatic carbocycles. The Balaban J connectivity index is 0.00000125. The second-order valence-electron chi connectivity index (χ2n) is 8.34. The summed E-state index contributed by atoms with van der Waals surface area (Å²) < 4.78 is 1.77. The van der Waals surface area contributed by atoms with Gasteiger partial charge in [0.2, 0.25) is 5.91 Å². The number of aryl methyl sites for hydroxylation is 1. The third kappa shape index (κ3) is 5.18. The van der Waals surface area contributed by atoms with E-state index in [1.165, 1.54) is 0 Å². The lowest BCUT2D eigenvalue weighted by Gasteiger charge is -2.32. The van der Waals surface area contributed by atoms with Gasteiger partial charge in [-0.25, -0.2) is 0 Å². The van der Waals surface area contributed by atoms with Gasteiger partial charge in [0.25, 0.3) is 0 Å². The van der Waals surface area contributed by atoms with E-state index in [1.807, 2.05) is 44.0 Å². The highest BCUT2D eigenvalue weighted by atomic mass is 16.2. The van der Waals surface area contributed by atoms with Gasteiger partial charge < -0.3 is 15.1 Å². The molecule has 8 heteroatoms. The Bertz CT molecular complexity index is 982. The van der Waals surface area contributed by atoms with Crippen LogP contribution in [0.5, 0.6) is 0 Å². The summed E-state index contributed by atoms with van der Waals surface area (Å²) in [5.41, 5.74) is 2.44. The van der Waals surface area contributed by atoms with E-state index >= 15 is 0 Å². The van der Waals surface area contributed by atoms with Gasteiger partial charge in [-0.2, -0.15) is 5.10 Å². The van der Waals surface area contributed by atoms with Crippen molar-refractivity contribution in [1.82, 2.24) is 19.6 Å². The van der Waals surface area contributed by atoms with E-state index in [-0.39, 0.29) is 31.4 Å². The van der Waals surface area contributed by atoms with Crippen molar-refractivity contribution in [3.63, 3.8) is 0 Å². The molecule has 1 unspecified atom stereocenters. The van der Waals surface area contributed by atoms with Crippen LogP contribution in [0.1, 0.15) is 52.6 Å². The topological polar surface area (TPSA) is 87.5 Å². The van der Waals surface area contributed by atoms with Crippen molar-refractivity contribution in [2.75, 3.05) is 45.1 Å². The lowest BCUT2D eigenvalue weighted by molar-refractivity contribution is -0.130. The molecule has 1 atom stereocenters. The number of Topliss-reactive ketones (excluding diaryl/α,β-unsaturated/α-hetero) is 2. The van der Waals surface area contributed by atoms with Crippen LogP contribution in [0, 0.1) is 0 Å². The zero-order valence-electron chi connectivity index (χ0n) is 19.7. The van der Waals surface area contributed by atoms with Gasteiger partial charge in [0.15, 0.2) is 0 Å². The van der Waals surface area contributed by atoms with Gasteiger partial charge in [-0.3, -0.25) is 19.1 Å². The molecule has 0 spiro atoms. The van der Waals surface area contributed by atoms with Crippen molar-refractivity contribution < 1.29 is 15.8 Å². The van der Waals surface area contributed by atoms with Crippen molar-refractivity contribution in [2.24, 2.45) is 7.05 Å². The molecule has 4 rings (SSSR count). The maximum Gasteiger partial charge on any atom is 0.241 e. The zero-order valence-corrected chi connectivity index (χ0v) is 19.7. The number of rotatable bonds is 4. The highest BCUT2D eigenvalue weighted by Crippen LogP contribution is 2.34. The summed E-state index contributed by atoms with van der Waals surface area (Å²) in [7, 11) is 3.92. The predicted molar refractivity (Wildman–Crippen MR) is 128 cm³/mol. The molecule has 0 radical (unpaired) electrons. The van der Waals surface area contributed by atoms with E-state index in [4.69, 9.17) is 0 Å². The van der Waals surface area contributed by atoms with Gasteiger partial charge in [-0.1, -0.05) is 26.0 Å². The number of fused-ring (bicyclic) bond motifs is 1. The Kier molecular flexibility index (Phi) is 8.01. The van der Waals surface area contributed by atoms with Gasteiger partial charge in [0, 0.05) is 59.3 Å². The number of carbonyl (C=O) groups excluding carboxylic acids is 3. The van der Waals surface area contributed by atoms with E-state index in [9.17, 15) is 14.4 Å². The zero-order chi connectivity index (χ0) is 23.3.